The number of nitrogens with one attached hydrogen (secondary N) is 1. The average Bonchev–Trinajstić information content (AvgIpc) is 2.45. The molecule has 2 aliphatic heterocycles. The molecule has 98 valence electrons. The Balaban J connectivity index is 1.80. The van der Waals surface area contributed by atoms with Crippen LogP contribution in [0.5, 0.6) is 0 Å². The Morgan fingerprint density at radius 2 is 2.12 bits per heavy atom. The molecule has 0 aliphatic carbocycles. The molecule has 1 amide bonds. The molecule has 2 fully saturated rings. The van der Waals surface area contributed by atoms with Gasteiger partial charge in [0.15, 0.2) is 0 Å². The van der Waals surface area contributed by atoms with Gasteiger partial charge in [-0.1, -0.05) is 0 Å². The summed E-state index contributed by atoms with van der Waals surface area (Å²) in [4.78, 5) is 13.4. The number of hydrogen-bond acceptors (Lipinski definition) is 4. The van der Waals surface area contributed by atoms with Crippen molar-refractivity contribution in [2.24, 2.45) is 5.92 Å². The fourth-order valence-electron chi connectivity index (χ4n) is 2.34. The van der Waals surface area contributed by atoms with Gasteiger partial charge in [0.2, 0.25) is 0 Å². The van der Waals surface area contributed by atoms with Crippen LogP contribution in [-0.4, -0.2) is 53.5 Å². The summed E-state index contributed by atoms with van der Waals surface area (Å²) in [6.45, 7) is 8.28. The Morgan fingerprint density at radius 3 is 2.59 bits per heavy atom. The van der Waals surface area contributed by atoms with E-state index in [2.05, 4.69) is 5.32 Å². The van der Waals surface area contributed by atoms with Crippen molar-refractivity contribution in [1.82, 2.24) is 10.2 Å². The number of β-amino-alcohol motifs (C(OH)–C–C–N with tert-alkyl or cyclic N) is 1. The Morgan fingerprint density at radius 1 is 1.47 bits per heavy atom. The predicted octanol–water partition coefficient (Wildman–Crippen LogP) is 0.578. The molecular formula is C12H22N2O3. The molecule has 2 saturated heterocycles. The molecule has 2 aliphatic rings. The smallest absolute Gasteiger partial charge is 0.410 e. The maximum Gasteiger partial charge on any atom is 0.410 e. The number of carbonyl (C=O) groups excluding carboxylic acids is 1. The van der Waals surface area contributed by atoms with Crippen molar-refractivity contribution in [2.75, 3.05) is 26.2 Å². The molecule has 0 bridgehead atoms. The van der Waals surface area contributed by atoms with Gasteiger partial charge in [0.05, 0.1) is 5.60 Å². The van der Waals surface area contributed by atoms with Crippen LogP contribution in [0.25, 0.3) is 0 Å². The molecule has 2 heterocycles. The Kier molecular flexibility index (Phi) is 3.08. The largest absolute Gasteiger partial charge is 0.444 e. The van der Waals surface area contributed by atoms with Crippen LogP contribution >= 0.6 is 0 Å². The lowest BCUT2D eigenvalue weighted by Crippen LogP contribution is -2.60. The van der Waals surface area contributed by atoms with Crippen LogP contribution in [-0.2, 0) is 4.74 Å². The number of rotatable bonds is 1. The van der Waals surface area contributed by atoms with Crippen molar-refractivity contribution in [2.45, 2.75) is 38.4 Å². The molecule has 5 heteroatoms. The van der Waals surface area contributed by atoms with Gasteiger partial charge in [0.1, 0.15) is 5.60 Å². The van der Waals surface area contributed by atoms with Crippen LogP contribution in [0.1, 0.15) is 27.2 Å². The van der Waals surface area contributed by atoms with E-state index in [1.165, 1.54) is 0 Å². The summed E-state index contributed by atoms with van der Waals surface area (Å²) in [6.07, 6.45) is 0.503. The first-order chi connectivity index (χ1) is 7.80. The van der Waals surface area contributed by atoms with Crippen molar-refractivity contribution in [3.05, 3.63) is 0 Å². The van der Waals surface area contributed by atoms with Gasteiger partial charge < -0.3 is 20.1 Å². The van der Waals surface area contributed by atoms with Gasteiger partial charge in [-0.3, -0.25) is 0 Å². The van der Waals surface area contributed by atoms with Crippen LogP contribution in [0.4, 0.5) is 4.79 Å². The highest BCUT2D eigenvalue weighted by atomic mass is 16.6. The quantitative estimate of drug-likeness (QED) is 0.706. The normalized spacial score (nSPS) is 30.2. The van der Waals surface area contributed by atoms with E-state index < -0.39 is 11.2 Å². The number of likely N-dealkylation sites (tertiary alicyclic amines) is 1. The molecule has 0 radical (unpaired) electrons. The van der Waals surface area contributed by atoms with Gasteiger partial charge in [-0.15, -0.1) is 0 Å². The summed E-state index contributed by atoms with van der Waals surface area (Å²) in [5.41, 5.74) is -1.08. The van der Waals surface area contributed by atoms with Gasteiger partial charge >= 0.3 is 6.09 Å². The maximum absolute atomic E-state index is 11.7. The zero-order valence-corrected chi connectivity index (χ0v) is 10.8. The zero-order chi connectivity index (χ0) is 12.7. The zero-order valence-electron chi connectivity index (χ0n) is 10.8. The topological polar surface area (TPSA) is 61.8 Å². The van der Waals surface area contributed by atoms with Crippen LogP contribution in [0.2, 0.25) is 0 Å². The number of amides is 1. The molecule has 0 aromatic heterocycles. The molecule has 0 aromatic rings. The fraction of sp³-hybridized carbons (Fsp3) is 0.917. The summed E-state index contributed by atoms with van der Waals surface area (Å²) in [5.74, 6) is 0.185. The molecular weight excluding hydrogens is 220 g/mol. The first-order valence-corrected chi connectivity index (χ1v) is 6.21. The van der Waals surface area contributed by atoms with Gasteiger partial charge in [-0.2, -0.15) is 0 Å². The van der Waals surface area contributed by atoms with Crippen LogP contribution in [0.3, 0.4) is 0 Å². The van der Waals surface area contributed by atoms with Crippen LogP contribution < -0.4 is 5.32 Å². The second kappa shape index (κ2) is 4.14. The molecule has 0 aromatic carbocycles. The highest BCUT2D eigenvalue weighted by Crippen LogP contribution is 2.32. The van der Waals surface area contributed by atoms with Crippen molar-refractivity contribution in [3.8, 4) is 0 Å². The van der Waals surface area contributed by atoms with E-state index in [-0.39, 0.29) is 12.0 Å². The predicted molar refractivity (Wildman–Crippen MR) is 63.7 cm³/mol. The summed E-state index contributed by atoms with van der Waals surface area (Å²) < 4.78 is 5.28. The van der Waals surface area contributed by atoms with Crippen molar-refractivity contribution >= 4 is 6.09 Å². The van der Waals surface area contributed by atoms with E-state index in [9.17, 15) is 9.90 Å². The number of aliphatic hydroxyl groups is 1. The highest BCUT2D eigenvalue weighted by molar-refractivity contribution is 5.69. The van der Waals surface area contributed by atoms with E-state index in [1.807, 2.05) is 20.8 Å². The van der Waals surface area contributed by atoms with E-state index in [0.717, 1.165) is 13.0 Å². The monoisotopic (exact) mass is 242 g/mol. The molecule has 0 spiro atoms. The number of nitrogens with zero attached hydrogens (tertiary/aromatic N) is 1. The van der Waals surface area contributed by atoms with Crippen molar-refractivity contribution in [3.63, 3.8) is 0 Å². The minimum absolute atomic E-state index is 0.185. The molecule has 1 atom stereocenters. The lowest BCUT2D eigenvalue weighted by Gasteiger charge is -2.46. The molecule has 5 nitrogen and oxygen atoms in total. The first kappa shape index (κ1) is 12.6. The van der Waals surface area contributed by atoms with Crippen molar-refractivity contribution < 1.29 is 14.6 Å². The first-order valence-electron chi connectivity index (χ1n) is 6.21. The average molecular weight is 242 g/mol. The van der Waals surface area contributed by atoms with E-state index in [1.54, 1.807) is 4.90 Å². The minimum atomic E-state index is -0.626. The summed E-state index contributed by atoms with van der Waals surface area (Å²) in [5, 5.41) is 13.5. The number of carbonyl (C=O) groups is 1. The maximum atomic E-state index is 11.7. The second-order valence-electron chi connectivity index (χ2n) is 6.11. The SMILES string of the molecule is CC(C)(C)OC(=O)N1CC(C2(O)CCNC2)C1. The van der Waals surface area contributed by atoms with Crippen LogP contribution in [0, 0.1) is 5.92 Å². The second-order valence-corrected chi connectivity index (χ2v) is 6.11. The molecule has 2 N–H and O–H groups in total. The summed E-state index contributed by atoms with van der Waals surface area (Å²) >= 11 is 0. The minimum Gasteiger partial charge on any atom is -0.444 e. The molecule has 17 heavy (non-hydrogen) atoms. The van der Waals surface area contributed by atoms with Gasteiger partial charge in [-0.25, -0.2) is 4.79 Å². The lowest BCUT2D eigenvalue weighted by atomic mass is 9.81. The fourth-order valence-corrected chi connectivity index (χ4v) is 2.34. The lowest BCUT2D eigenvalue weighted by molar-refractivity contribution is -0.0760. The third-order valence-electron chi connectivity index (χ3n) is 3.46. The van der Waals surface area contributed by atoms with Gasteiger partial charge in [-0.05, 0) is 33.7 Å². The summed E-state index contributed by atoms with van der Waals surface area (Å²) in [7, 11) is 0. The standard InChI is InChI=1S/C12H22N2O3/c1-11(2,3)17-10(15)14-6-9(7-14)12(16)4-5-13-8-12/h9,13,16H,4-8H2,1-3H3. The third-order valence-corrected chi connectivity index (χ3v) is 3.46. The van der Waals surface area contributed by atoms with Gasteiger partial charge in [0.25, 0.3) is 0 Å². The Hall–Kier alpha value is -0.810. The third kappa shape index (κ3) is 2.72. The molecule has 0 saturated carbocycles. The van der Waals surface area contributed by atoms with E-state index in [0.29, 0.717) is 19.6 Å². The summed E-state index contributed by atoms with van der Waals surface area (Å²) in [6, 6.07) is 0. The number of hydrogen-bond donors (Lipinski definition) is 2. The Bertz CT molecular complexity index is 299. The van der Waals surface area contributed by atoms with E-state index >= 15 is 0 Å². The van der Waals surface area contributed by atoms with Crippen molar-refractivity contribution in [1.29, 1.82) is 0 Å². The molecule has 2 rings (SSSR count). The number of ether oxygens (including phenoxy) is 1. The van der Waals surface area contributed by atoms with Gasteiger partial charge in [0, 0.05) is 25.6 Å². The van der Waals surface area contributed by atoms with Crippen LogP contribution in [0.15, 0.2) is 0 Å². The van der Waals surface area contributed by atoms with E-state index in [4.69, 9.17) is 4.74 Å². The Labute approximate surface area is 102 Å². The highest BCUT2D eigenvalue weighted by Gasteiger charge is 2.47. The molecule has 1 unspecified atom stereocenters.